The number of carbonyl (C=O) groups is 2. The van der Waals surface area contributed by atoms with Gasteiger partial charge in [-0.2, -0.15) is 0 Å². The van der Waals surface area contributed by atoms with Crippen molar-refractivity contribution in [1.29, 1.82) is 0 Å². The Labute approximate surface area is 151 Å². The van der Waals surface area contributed by atoms with Crippen molar-refractivity contribution in [3.63, 3.8) is 0 Å². The Morgan fingerprint density at radius 1 is 1.12 bits per heavy atom. The van der Waals surface area contributed by atoms with Gasteiger partial charge in [0.15, 0.2) is 6.61 Å². The minimum absolute atomic E-state index is 0.165. The normalized spacial score (nSPS) is 10.1. The van der Waals surface area contributed by atoms with E-state index in [0.29, 0.717) is 16.5 Å². The van der Waals surface area contributed by atoms with Crippen molar-refractivity contribution in [2.24, 2.45) is 0 Å². The Hall–Kier alpha value is -2.73. The molecule has 0 heterocycles. The molecule has 0 aliphatic carbocycles. The van der Waals surface area contributed by atoms with Crippen molar-refractivity contribution >= 4 is 34.9 Å². The number of nitrogens with zero attached hydrogens (tertiary/aromatic N) is 1. The maximum Gasteiger partial charge on any atom is 0.342 e. The third-order valence-corrected chi connectivity index (χ3v) is 3.62. The predicted octanol–water partition coefficient (Wildman–Crippen LogP) is 3.21. The second-order valence-corrected chi connectivity index (χ2v) is 5.85. The summed E-state index contributed by atoms with van der Waals surface area (Å²) in [5.41, 5.74) is 1.79. The fourth-order valence-electron chi connectivity index (χ4n) is 2.09. The van der Waals surface area contributed by atoms with Crippen LogP contribution in [0.2, 0.25) is 5.02 Å². The van der Waals surface area contributed by atoms with Crippen molar-refractivity contribution in [2.45, 2.75) is 0 Å². The quantitative estimate of drug-likeness (QED) is 0.799. The maximum atomic E-state index is 12.1. The van der Waals surface area contributed by atoms with Crippen LogP contribution in [0.4, 0.5) is 11.4 Å². The molecule has 6 nitrogen and oxygen atoms in total. The monoisotopic (exact) mass is 362 g/mol. The highest BCUT2D eigenvalue weighted by Gasteiger charge is 2.16. The van der Waals surface area contributed by atoms with Crippen molar-refractivity contribution in [3.05, 3.63) is 53.1 Å². The van der Waals surface area contributed by atoms with Crippen LogP contribution in [0, 0.1) is 0 Å². The van der Waals surface area contributed by atoms with Gasteiger partial charge in [0, 0.05) is 30.5 Å². The largest absolute Gasteiger partial charge is 0.496 e. The number of benzene rings is 2. The third-order valence-electron chi connectivity index (χ3n) is 3.38. The molecule has 2 rings (SSSR count). The Kier molecular flexibility index (Phi) is 6.25. The lowest BCUT2D eigenvalue weighted by molar-refractivity contribution is -0.119. The summed E-state index contributed by atoms with van der Waals surface area (Å²) in [4.78, 5) is 26.0. The number of amides is 1. The van der Waals surface area contributed by atoms with Gasteiger partial charge in [0.05, 0.1) is 7.11 Å². The zero-order valence-corrected chi connectivity index (χ0v) is 15.0. The molecule has 7 heteroatoms. The van der Waals surface area contributed by atoms with E-state index >= 15 is 0 Å². The van der Waals surface area contributed by atoms with Crippen molar-refractivity contribution in [2.75, 3.05) is 38.0 Å². The first kappa shape index (κ1) is 18.6. The number of methoxy groups -OCH3 is 1. The molecule has 0 aliphatic rings. The number of anilines is 2. The van der Waals surface area contributed by atoms with Crippen molar-refractivity contribution < 1.29 is 19.1 Å². The topological polar surface area (TPSA) is 67.9 Å². The lowest BCUT2D eigenvalue weighted by Gasteiger charge is -2.13. The first-order chi connectivity index (χ1) is 11.9. The minimum atomic E-state index is -0.683. The molecule has 0 unspecified atom stereocenters. The maximum absolute atomic E-state index is 12.1. The van der Waals surface area contributed by atoms with Gasteiger partial charge in [0.1, 0.15) is 11.3 Å². The molecule has 0 radical (unpaired) electrons. The first-order valence-corrected chi connectivity index (χ1v) is 7.86. The fourth-order valence-corrected chi connectivity index (χ4v) is 2.26. The molecule has 0 aliphatic heterocycles. The van der Waals surface area contributed by atoms with Crippen LogP contribution < -0.4 is 15.0 Å². The smallest absolute Gasteiger partial charge is 0.342 e. The molecule has 2 aromatic rings. The number of hydrogen-bond acceptors (Lipinski definition) is 5. The number of hydrogen-bond donors (Lipinski definition) is 1. The average molecular weight is 363 g/mol. The summed E-state index contributed by atoms with van der Waals surface area (Å²) in [5.74, 6) is -0.793. The summed E-state index contributed by atoms with van der Waals surface area (Å²) in [6, 6.07) is 11.9. The predicted molar refractivity (Wildman–Crippen MR) is 97.7 cm³/mol. The van der Waals surface area contributed by atoms with E-state index in [1.807, 2.05) is 31.1 Å². The second-order valence-electron chi connectivity index (χ2n) is 5.41. The number of ether oxygens (including phenoxy) is 2. The summed E-state index contributed by atoms with van der Waals surface area (Å²) < 4.78 is 10.1. The van der Waals surface area contributed by atoms with Gasteiger partial charge in [-0.05, 0) is 42.5 Å². The van der Waals surface area contributed by atoms with Crippen LogP contribution >= 0.6 is 11.6 Å². The molecule has 1 N–H and O–H groups in total. The van der Waals surface area contributed by atoms with E-state index in [1.165, 1.54) is 13.2 Å². The van der Waals surface area contributed by atoms with E-state index in [-0.39, 0.29) is 5.56 Å². The summed E-state index contributed by atoms with van der Waals surface area (Å²) in [5, 5.41) is 3.04. The Morgan fingerprint density at radius 2 is 1.80 bits per heavy atom. The molecule has 2 aromatic carbocycles. The van der Waals surface area contributed by atoms with Gasteiger partial charge >= 0.3 is 5.97 Å². The highest BCUT2D eigenvalue weighted by Crippen LogP contribution is 2.23. The van der Waals surface area contributed by atoms with Crippen LogP contribution in [0.5, 0.6) is 5.75 Å². The van der Waals surface area contributed by atoms with Crippen LogP contribution in [0.15, 0.2) is 42.5 Å². The molecular formula is C18H19ClN2O4. The number of halogens is 1. The van der Waals surface area contributed by atoms with Crippen LogP contribution in [-0.2, 0) is 9.53 Å². The van der Waals surface area contributed by atoms with Crippen molar-refractivity contribution in [1.82, 2.24) is 0 Å². The summed E-state index contributed by atoms with van der Waals surface area (Å²) >= 11 is 5.88. The molecule has 0 spiro atoms. The molecule has 0 aromatic heterocycles. The molecule has 25 heavy (non-hydrogen) atoms. The Bertz CT molecular complexity index is 760. The standard InChI is InChI=1S/C18H19ClN2O4/c1-21(2)14-7-5-13(6-8-14)20-17(22)11-25-18(23)15-10-12(19)4-9-16(15)24-3/h4-10H,11H2,1-3H3,(H,20,22). The summed E-state index contributed by atoms with van der Waals surface area (Å²) in [7, 11) is 5.29. The fraction of sp³-hybridized carbons (Fsp3) is 0.222. The van der Waals surface area contributed by atoms with Gasteiger partial charge in [0.2, 0.25) is 0 Å². The van der Waals surface area contributed by atoms with Crippen molar-refractivity contribution in [3.8, 4) is 5.75 Å². The van der Waals surface area contributed by atoms with Gasteiger partial charge in [-0.15, -0.1) is 0 Å². The molecule has 0 fully saturated rings. The Balaban J connectivity index is 1.93. The number of rotatable bonds is 6. The van der Waals surface area contributed by atoms with Gasteiger partial charge in [-0.1, -0.05) is 11.6 Å². The second kappa shape index (κ2) is 8.39. The first-order valence-electron chi connectivity index (χ1n) is 7.48. The summed E-state index contributed by atoms with van der Waals surface area (Å²) in [6.45, 7) is -0.413. The van der Waals surface area contributed by atoms with E-state index in [9.17, 15) is 9.59 Å². The lowest BCUT2D eigenvalue weighted by Crippen LogP contribution is -2.21. The molecule has 0 atom stereocenters. The third kappa shape index (κ3) is 5.12. The molecule has 1 amide bonds. The van der Waals surface area contributed by atoms with Crippen LogP contribution in [0.3, 0.4) is 0 Å². The van der Waals surface area contributed by atoms with E-state index in [2.05, 4.69) is 5.32 Å². The van der Waals surface area contributed by atoms with Gasteiger partial charge in [-0.3, -0.25) is 4.79 Å². The molecule has 132 valence electrons. The molecule has 0 saturated heterocycles. The van der Waals surface area contributed by atoms with E-state index in [4.69, 9.17) is 21.1 Å². The van der Waals surface area contributed by atoms with Crippen LogP contribution in [-0.4, -0.2) is 39.7 Å². The number of nitrogens with one attached hydrogen (secondary N) is 1. The lowest BCUT2D eigenvalue weighted by atomic mass is 10.2. The van der Waals surface area contributed by atoms with Gasteiger partial charge in [-0.25, -0.2) is 4.79 Å². The molecular weight excluding hydrogens is 344 g/mol. The van der Waals surface area contributed by atoms with E-state index in [0.717, 1.165) is 5.69 Å². The highest BCUT2D eigenvalue weighted by atomic mass is 35.5. The summed E-state index contributed by atoms with van der Waals surface area (Å²) in [6.07, 6.45) is 0. The van der Waals surface area contributed by atoms with Gasteiger partial charge in [0.25, 0.3) is 5.91 Å². The van der Waals surface area contributed by atoms with E-state index in [1.54, 1.807) is 24.3 Å². The molecule has 0 saturated carbocycles. The Morgan fingerprint density at radius 3 is 2.40 bits per heavy atom. The zero-order valence-electron chi connectivity index (χ0n) is 14.2. The van der Waals surface area contributed by atoms with Gasteiger partial charge < -0.3 is 19.7 Å². The minimum Gasteiger partial charge on any atom is -0.496 e. The SMILES string of the molecule is COc1ccc(Cl)cc1C(=O)OCC(=O)Nc1ccc(N(C)C)cc1. The zero-order chi connectivity index (χ0) is 18.4. The van der Waals surface area contributed by atoms with Crippen LogP contribution in [0.25, 0.3) is 0 Å². The van der Waals surface area contributed by atoms with Crippen LogP contribution in [0.1, 0.15) is 10.4 Å². The highest BCUT2D eigenvalue weighted by molar-refractivity contribution is 6.31. The molecule has 0 bridgehead atoms. The number of carbonyl (C=O) groups excluding carboxylic acids is 2. The number of esters is 1. The average Bonchev–Trinajstić information content (AvgIpc) is 2.60. The van der Waals surface area contributed by atoms with E-state index < -0.39 is 18.5 Å².